The van der Waals surface area contributed by atoms with Crippen LogP contribution in [0, 0.1) is 5.92 Å². The molecule has 1 aromatic heterocycles. The van der Waals surface area contributed by atoms with Crippen LogP contribution in [0.15, 0.2) is 35.4 Å². The lowest BCUT2D eigenvalue weighted by atomic mass is 10.0. The molecule has 2 N–H and O–H groups in total. The maximum Gasteiger partial charge on any atom is 0.270 e. The smallest absolute Gasteiger partial charge is 0.270 e. The van der Waals surface area contributed by atoms with Crippen molar-refractivity contribution in [3.63, 3.8) is 0 Å². The highest BCUT2D eigenvalue weighted by Crippen LogP contribution is 2.33. The van der Waals surface area contributed by atoms with Crippen LogP contribution < -0.4 is 5.32 Å². The first-order valence-electron chi connectivity index (χ1n) is 10.8. The Balaban J connectivity index is 1.53. The molecule has 31 heavy (non-hydrogen) atoms. The molecule has 3 aliphatic rings. The maximum absolute atomic E-state index is 13.2. The molecule has 1 saturated carbocycles. The summed E-state index contributed by atoms with van der Waals surface area (Å²) in [5.74, 6) is 1.22. The largest absolute Gasteiger partial charge is 0.495 e. The molecule has 4 rings (SSSR count). The number of fused-ring (bicyclic) bond motifs is 1. The summed E-state index contributed by atoms with van der Waals surface area (Å²) in [5, 5.41) is 11.6. The molecule has 0 spiro atoms. The fraction of sp³-hybridized carbons (Fsp3) is 0.522. The first-order chi connectivity index (χ1) is 14.9. The molecule has 1 fully saturated rings. The summed E-state index contributed by atoms with van der Waals surface area (Å²) in [6.07, 6.45) is 6.10. The minimum atomic E-state index is -0.376. The van der Waals surface area contributed by atoms with Crippen molar-refractivity contribution in [2.45, 2.75) is 39.3 Å². The molecular weight excluding hydrogens is 396 g/mol. The SMILES string of the molecule is CC1=C(OCC2CC2)CN(C)C(C(C)N2Cc3c(ccnc3C(=O)NCCO)C2=O)=C1. The van der Waals surface area contributed by atoms with Crippen molar-refractivity contribution in [3.8, 4) is 0 Å². The minimum absolute atomic E-state index is 0.104. The number of likely N-dealkylation sites (N-methyl/N-ethyl adjacent to an activating group) is 1. The predicted molar refractivity (Wildman–Crippen MR) is 115 cm³/mol. The number of carbonyl (C=O) groups excluding carboxylic acids is 2. The van der Waals surface area contributed by atoms with E-state index in [1.54, 1.807) is 11.0 Å². The summed E-state index contributed by atoms with van der Waals surface area (Å²) in [6, 6.07) is 1.50. The normalized spacial score (nSPS) is 19.4. The van der Waals surface area contributed by atoms with Gasteiger partial charge in [0.15, 0.2) is 0 Å². The number of ether oxygens (including phenoxy) is 1. The van der Waals surface area contributed by atoms with Crippen molar-refractivity contribution in [1.29, 1.82) is 0 Å². The second-order valence-corrected chi connectivity index (χ2v) is 8.56. The molecule has 8 nitrogen and oxygen atoms in total. The van der Waals surface area contributed by atoms with E-state index in [0.29, 0.717) is 30.1 Å². The summed E-state index contributed by atoms with van der Waals surface area (Å²) in [6.45, 7) is 5.84. The lowest BCUT2D eigenvalue weighted by Gasteiger charge is -2.36. The van der Waals surface area contributed by atoms with Gasteiger partial charge < -0.3 is 25.0 Å². The number of pyridine rings is 1. The Labute approximate surface area is 182 Å². The molecule has 2 aliphatic heterocycles. The molecule has 166 valence electrons. The Bertz CT molecular complexity index is 951. The van der Waals surface area contributed by atoms with Gasteiger partial charge in [-0.3, -0.25) is 14.6 Å². The van der Waals surface area contributed by atoms with E-state index in [-0.39, 0.29) is 36.7 Å². The monoisotopic (exact) mass is 426 g/mol. The number of carbonyl (C=O) groups is 2. The highest BCUT2D eigenvalue weighted by molar-refractivity contribution is 6.03. The molecule has 3 heterocycles. The van der Waals surface area contributed by atoms with Crippen LogP contribution in [0.1, 0.15) is 53.1 Å². The number of nitrogens with one attached hydrogen (secondary N) is 1. The second-order valence-electron chi connectivity index (χ2n) is 8.56. The zero-order valence-corrected chi connectivity index (χ0v) is 18.4. The van der Waals surface area contributed by atoms with Crippen LogP contribution in [0.5, 0.6) is 0 Å². The van der Waals surface area contributed by atoms with Crippen molar-refractivity contribution in [3.05, 3.63) is 52.2 Å². The zero-order chi connectivity index (χ0) is 22.1. The zero-order valence-electron chi connectivity index (χ0n) is 18.4. The standard InChI is InChI=1S/C23H30N4O4/c1-14-10-19(26(3)12-20(14)31-13-16-4-5-16)15(2)27-11-18-17(23(27)30)6-7-24-21(18)22(29)25-8-9-28/h6-7,10,15-16,28H,4-5,8-9,11-13H2,1-3H3,(H,25,29). The summed E-state index contributed by atoms with van der Waals surface area (Å²) >= 11 is 0. The second kappa shape index (κ2) is 8.70. The molecular formula is C23H30N4O4. The molecule has 1 atom stereocenters. The van der Waals surface area contributed by atoms with Crippen LogP contribution in [0.2, 0.25) is 0 Å². The van der Waals surface area contributed by atoms with Gasteiger partial charge in [0.25, 0.3) is 11.8 Å². The van der Waals surface area contributed by atoms with Crippen molar-refractivity contribution < 1.29 is 19.4 Å². The van der Waals surface area contributed by atoms with Crippen LogP contribution in [-0.2, 0) is 11.3 Å². The molecule has 1 unspecified atom stereocenters. The van der Waals surface area contributed by atoms with Crippen molar-refractivity contribution >= 4 is 11.8 Å². The number of amides is 2. The van der Waals surface area contributed by atoms with Gasteiger partial charge in [0.1, 0.15) is 11.5 Å². The van der Waals surface area contributed by atoms with Gasteiger partial charge in [0, 0.05) is 43.2 Å². The third-order valence-corrected chi connectivity index (χ3v) is 6.20. The van der Waals surface area contributed by atoms with Crippen molar-refractivity contribution in [2.75, 3.05) is 33.4 Å². The predicted octanol–water partition coefficient (Wildman–Crippen LogP) is 1.68. The Morgan fingerprint density at radius 2 is 2.16 bits per heavy atom. The third kappa shape index (κ3) is 4.30. The first kappa shape index (κ1) is 21.4. The lowest BCUT2D eigenvalue weighted by Crippen LogP contribution is -2.41. The van der Waals surface area contributed by atoms with Gasteiger partial charge in [-0.1, -0.05) is 0 Å². The van der Waals surface area contributed by atoms with Gasteiger partial charge >= 0.3 is 0 Å². The molecule has 1 aliphatic carbocycles. The highest BCUT2D eigenvalue weighted by Gasteiger charge is 2.37. The summed E-state index contributed by atoms with van der Waals surface area (Å²) < 4.78 is 6.03. The molecule has 8 heteroatoms. The van der Waals surface area contributed by atoms with Gasteiger partial charge in [-0.25, -0.2) is 0 Å². The van der Waals surface area contributed by atoms with E-state index in [9.17, 15) is 9.59 Å². The average molecular weight is 427 g/mol. The average Bonchev–Trinajstić information content (AvgIpc) is 3.53. The van der Waals surface area contributed by atoms with E-state index in [1.165, 1.54) is 19.0 Å². The quantitative estimate of drug-likeness (QED) is 0.657. The lowest BCUT2D eigenvalue weighted by molar-refractivity contribution is 0.0717. The van der Waals surface area contributed by atoms with Crippen LogP contribution in [-0.4, -0.2) is 71.1 Å². The molecule has 0 saturated heterocycles. The number of aliphatic hydroxyl groups is 1. The van der Waals surface area contributed by atoms with Gasteiger partial charge in [-0.15, -0.1) is 0 Å². The van der Waals surface area contributed by atoms with Crippen LogP contribution in [0.4, 0.5) is 0 Å². The van der Waals surface area contributed by atoms with E-state index in [2.05, 4.69) is 28.2 Å². The number of hydrogen-bond acceptors (Lipinski definition) is 6. The molecule has 0 aromatic carbocycles. The summed E-state index contributed by atoms with van der Waals surface area (Å²) in [4.78, 5) is 33.7. The summed E-state index contributed by atoms with van der Waals surface area (Å²) in [7, 11) is 2.01. The van der Waals surface area contributed by atoms with Gasteiger partial charge in [-0.05, 0) is 50.3 Å². The van der Waals surface area contributed by atoms with E-state index in [0.717, 1.165) is 23.6 Å². The number of aliphatic hydroxyl groups excluding tert-OH is 1. The summed E-state index contributed by atoms with van der Waals surface area (Å²) in [5.41, 5.74) is 3.52. The van der Waals surface area contributed by atoms with Gasteiger partial charge in [0.05, 0.1) is 25.8 Å². The third-order valence-electron chi connectivity index (χ3n) is 6.20. The Morgan fingerprint density at radius 1 is 1.39 bits per heavy atom. The number of aromatic nitrogens is 1. The first-order valence-corrected chi connectivity index (χ1v) is 10.8. The van der Waals surface area contributed by atoms with Crippen LogP contribution in [0.3, 0.4) is 0 Å². The van der Waals surface area contributed by atoms with Crippen LogP contribution >= 0.6 is 0 Å². The Kier molecular flexibility index (Phi) is 6.00. The topological polar surface area (TPSA) is 95.0 Å². The molecule has 1 aromatic rings. The fourth-order valence-corrected chi connectivity index (χ4v) is 4.12. The van der Waals surface area contributed by atoms with Gasteiger partial charge in [0.2, 0.25) is 0 Å². The Hall–Kier alpha value is -2.87. The number of nitrogens with zero attached hydrogens (tertiary/aromatic N) is 3. The maximum atomic E-state index is 13.2. The number of hydrogen-bond donors (Lipinski definition) is 2. The molecule has 0 bridgehead atoms. The van der Waals surface area contributed by atoms with Gasteiger partial charge in [-0.2, -0.15) is 0 Å². The van der Waals surface area contributed by atoms with E-state index >= 15 is 0 Å². The van der Waals surface area contributed by atoms with E-state index in [1.807, 2.05) is 14.0 Å². The van der Waals surface area contributed by atoms with Crippen LogP contribution in [0.25, 0.3) is 0 Å². The minimum Gasteiger partial charge on any atom is -0.495 e. The molecule has 0 radical (unpaired) electrons. The Morgan fingerprint density at radius 3 is 2.87 bits per heavy atom. The fourth-order valence-electron chi connectivity index (χ4n) is 4.12. The number of rotatable bonds is 8. The molecule has 2 amide bonds. The number of allylic oxidation sites excluding steroid dienone is 2. The van der Waals surface area contributed by atoms with Crippen molar-refractivity contribution in [1.82, 2.24) is 20.1 Å². The van der Waals surface area contributed by atoms with Crippen molar-refractivity contribution in [2.24, 2.45) is 5.92 Å². The van der Waals surface area contributed by atoms with E-state index in [4.69, 9.17) is 9.84 Å². The van der Waals surface area contributed by atoms with E-state index < -0.39 is 0 Å². The highest BCUT2D eigenvalue weighted by atomic mass is 16.5.